The summed E-state index contributed by atoms with van der Waals surface area (Å²) in [4.78, 5) is 9.78. The average Bonchev–Trinajstić information content (AvgIpc) is 1.65. The number of nitrogens with two attached hydrogens (primary N) is 1. The van der Waals surface area contributed by atoms with E-state index < -0.39 is 12.0 Å². The smallest absolute Gasteiger partial charge is 0.305 e. The van der Waals surface area contributed by atoms with Gasteiger partial charge in [0.2, 0.25) is 0 Å². The summed E-state index contributed by atoms with van der Waals surface area (Å²) < 4.78 is 0. The van der Waals surface area contributed by atoms with Gasteiger partial charge in [0, 0.05) is 6.04 Å². The first-order chi connectivity index (χ1) is 3.66. The molecular formula is C4H9NO3. The molecule has 0 aliphatic carbocycles. The Bertz CT molecular complexity index is 83.4. The monoisotopic (exact) mass is 119 g/mol. The van der Waals surface area contributed by atoms with Crippen molar-refractivity contribution in [2.24, 2.45) is 5.73 Å². The van der Waals surface area contributed by atoms with Crippen molar-refractivity contribution >= 4 is 5.97 Å². The van der Waals surface area contributed by atoms with E-state index in [2.05, 4.69) is 0 Å². The summed E-state index contributed by atoms with van der Waals surface area (Å²) in [6.45, 7) is -0.272. The molecule has 0 spiro atoms. The topological polar surface area (TPSA) is 83.5 Å². The fraction of sp³-hybridized carbons (Fsp3) is 0.750. The Kier molecular flexibility index (Phi) is 3.14. The second-order valence-electron chi connectivity index (χ2n) is 1.54. The van der Waals surface area contributed by atoms with Gasteiger partial charge in [-0.2, -0.15) is 0 Å². The minimum atomic E-state index is -0.980. The molecule has 0 aliphatic rings. The lowest BCUT2D eigenvalue weighted by Gasteiger charge is -2.00. The van der Waals surface area contributed by atoms with Crippen LogP contribution in [0.2, 0.25) is 0 Å². The molecule has 0 fully saturated rings. The first-order valence-electron chi connectivity index (χ1n) is 2.25. The number of aliphatic carboxylic acids is 1. The van der Waals surface area contributed by atoms with Gasteiger partial charge in [0.05, 0.1) is 13.0 Å². The number of carbonyl (C=O) groups is 1. The van der Waals surface area contributed by atoms with Crippen LogP contribution < -0.4 is 5.73 Å². The Morgan fingerprint density at radius 2 is 2.25 bits per heavy atom. The van der Waals surface area contributed by atoms with Crippen LogP contribution in [0.25, 0.3) is 0 Å². The summed E-state index contributed by atoms with van der Waals surface area (Å²) >= 11 is 0. The van der Waals surface area contributed by atoms with Crippen LogP contribution in [0, 0.1) is 0 Å². The van der Waals surface area contributed by atoms with Gasteiger partial charge in [-0.05, 0) is 0 Å². The third-order valence-electron chi connectivity index (χ3n) is 0.671. The zero-order chi connectivity index (χ0) is 6.57. The molecule has 0 radical (unpaired) electrons. The molecule has 1 atom stereocenters. The van der Waals surface area contributed by atoms with Crippen molar-refractivity contribution in [1.82, 2.24) is 0 Å². The van der Waals surface area contributed by atoms with Gasteiger partial charge in [0.1, 0.15) is 0 Å². The standard InChI is InChI=1S/C4H9NO3/c5-3(2-6)1-4(7)8/h3,6H,1-2,5H2,(H,7,8). The van der Waals surface area contributed by atoms with Crippen molar-refractivity contribution < 1.29 is 15.0 Å². The molecule has 4 heteroatoms. The van der Waals surface area contributed by atoms with Gasteiger partial charge in [-0.15, -0.1) is 0 Å². The van der Waals surface area contributed by atoms with Gasteiger partial charge in [-0.1, -0.05) is 0 Å². The van der Waals surface area contributed by atoms with Crippen molar-refractivity contribution in [1.29, 1.82) is 0 Å². The lowest BCUT2D eigenvalue weighted by atomic mass is 10.2. The van der Waals surface area contributed by atoms with Crippen LogP contribution >= 0.6 is 0 Å². The fourth-order valence-electron chi connectivity index (χ4n) is 0.289. The quantitative estimate of drug-likeness (QED) is 0.435. The lowest BCUT2D eigenvalue weighted by Crippen LogP contribution is -2.27. The molecule has 0 aromatic rings. The van der Waals surface area contributed by atoms with Crippen molar-refractivity contribution in [3.8, 4) is 0 Å². The van der Waals surface area contributed by atoms with Gasteiger partial charge >= 0.3 is 5.97 Å². The van der Waals surface area contributed by atoms with E-state index in [-0.39, 0.29) is 13.0 Å². The molecule has 0 aromatic heterocycles. The van der Waals surface area contributed by atoms with E-state index in [1.165, 1.54) is 0 Å². The highest BCUT2D eigenvalue weighted by Gasteiger charge is 2.04. The van der Waals surface area contributed by atoms with Gasteiger partial charge in [0.25, 0.3) is 0 Å². The first-order valence-corrected chi connectivity index (χ1v) is 2.25. The van der Waals surface area contributed by atoms with Gasteiger partial charge in [0.15, 0.2) is 0 Å². The third kappa shape index (κ3) is 3.58. The van der Waals surface area contributed by atoms with Crippen molar-refractivity contribution in [2.45, 2.75) is 12.5 Å². The molecule has 0 aliphatic heterocycles. The first kappa shape index (κ1) is 7.39. The Hall–Kier alpha value is -0.610. The molecular weight excluding hydrogens is 110 g/mol. The molecule has 4 N–H and O–H groups in total. The van der Waals surface area contributed by atoms with Crippen LogP contribution in [-0.2, 0) is 4.79 Å². The molecule has 4 nitrogen and oxygen atoms in total. The van der Waals surface area contributed by atoms with Gasteiger partial charge in [-0.25, -0.2) is 0 Å². The molecule has 0 saturated carbocycles. The zero-order valence-corrected chi connectivity index (χ0v) is 4.37. The molecule has 8 heavy (non-hydrogen) atoms. The molecule has 0 aromatic carbocycles. The van der Waals surface area contributed by atoms with Crippen LogP contribution in [0.5, 0.6) is 0 Å². The maximum atomic E-state index is 9.78. The summed E-state index contributed by atoms with van der Waals surface area (Å²) in [6.07, 6.45) is -0.170. The van der Waals surface area contributed by atoms with Crippen molar-refractivity contribution in [3.63, 3.8) is 0 Å². The number of carboxylic acids is 1. The zero-order valence-electron chi connectivity index (χ0n) is 4.37. The second-order valence-corrected chi connectivity index (χ2v) is 1.54. The van der Waals surface area contributed by atoms with E-state index in [1.54, 1.807) is 0 Å². The highest BCUT2D eigenvalue weighted by molar-refractivity contribution is 5.67. The third-order valence-corrected chi connectivity index (χ3v) is 0.671. The van der Waals surface area contributed by atoms with Gasteiger partial charge < -0.3 is 15.9 Å². The van der Waals surface area contributed by atoms with E-state index in [4.69, 9.17) is 15.9 Å². The maximum absolute atomic E-state index is 9.78. The molecule has 1 unspecified atom stereocenters. The SMILES string of the molecule is NC(CO)CC(=O)O. The van der Waals surface area contributed by atoms with E-state index in [9.17, 15) is 4.79 Å². The highest BCUT2D eigenvalue weighted by Crippen LogP contribution is 1.83. The summed E-state index contributed by atoms with van der Waals surface area (Å²) in [7, 11) is 0. The van der Waals surface area contributed by atoms with Crippen LogP contribution in [-0.4, -0.2) is 28.8 Å². The number of aliphatic hydroxyl groups excluding tert-OH is 1. The average molecular weight is 119 g/mol. The number of aliphatic hydroxyl groups is 1. The van der Waals surface area contributed by atoms with Crippen LogP contribution in [0.15, 0.2) is 0 Å². The fourth-order valence-corrected chi connectivity index (χ4v) is 0.289. The molecule has 0 saturated heterocycles. The predicted octanol–water partition coefficient (Wildman–Crippen LogP) is -1.22. The molecule has 48 valence electrons. The van der Waals surface area contributed by atoms with Gasteiger partial charge in [-0.3, -0.25) is 4.79 Å². The lowest BCUT2D eigenvalue weighted by molar-refractivity contribution is -0.137. The number of carboxylic acid groups (broad SMARTS) is 1. The molecule has 0 heterocycles. The van der Waals surface area contributed by atoms with E-state index >= 15 is 0 Å². The second kappa shape index (κ2) is 3.40. The number of rotatable bonds is 3. The van der Waals surface area contributed by atoms with E-state index in [0.717, 1.165) is 0 Å². The van der Waals surface area contributed by atoms with Crippen LogP contribution in [0.1, 0.15) is 6.42 Å². The van der Waals surface area contributed by atoms with E-state index in [0.29, 0.717) is 0 Å². The summed E-state index contributed by atoms with van der Waals surface area (Å²) in [5.41, 5.74) is 5.04. The molecule has 0 rings (SSSR count). The Labute approximate surface area is 46.9 Å². The molecule has 0 amide bonds. The van der Waals surface area contributed by atoms with E-state index in [1.807, 2.05) is 0 Å². The minimum absolute atomic E-state index is 0.170. The molecule has 0 bridgehead atoms. The largest absolute Gasteiger partial charge is 0.481 e. The van der Waals surface area contributed by atoms with Crippen molar-refractivity contribution in [3.05, 3.63) is 0 Å². The summed E-state index contributed by atoms with van der Waals surface area (Å²) in [5, 5.41) is 16.2. The number of hydrogen-bond acceptors (Lipinski definition) is 3. The Morgan fingerprint density at radius 1 is 1.75 bits per heavy atom. The predicted molar refractivity (Wildman–Crippen MR) is 27.3 cm³/mol. The minimum Gasteiger partial charge on any atom is -0.481 e. The van der Waals surface area contributed by atoms with Crippen LogP contribution in [0.4, 0.5) is 0 Å². The van der Waals surface area contributed by atoms with Crippen LogP contribution in [0.3, 0.4) is 0 Å². The van der Waals surface area contributed by atoms with Crippen molar-refractivity contribution in [2.75, 3.05) is 6.61 Å². The maximum Gasteiger partial charge on any atom is 0.305 e. The summed E-state index contributed by atoms with van der Waals surface area (Å²) in [6, 6.07) is -0.618. The normalized spacial score (nSPS) is 13.2. The number of hydrogen-bond donors (Lipinski definition) is 3. The Morgan fingerprint density at radius 3 is 2.38 bits per heavy atom. The summed E-state index contributed by atoms with van der Waals surface area (Å²) in [5.74, 6) is -0.980. The highest BCUT2D eigenvalue weighted by atomic mass is 16.4. The Balaban J connectivity index is 3.24.